The highest BCUT2D eigenvalue weighted by molar-refractivity contribution is 6.00. The first-order chi connectivity index (χ1) is 15.6. The van der Waals surface area contributed by atoms with Gasteiger partial charge in [0.05, 0.1) is 28.8 Å². The van der Waals surface area contributed by atoms with Gasteiger partial charge in [0.1, 0.15) is 22.9 Å². The number of halogens is 1. The van der Waals surface area contributed by atoms with E-state index in [0.717, 1.165) is 61.7 Å². The average Bonchev–Trinajstić information content (AvgIpc) is 3.50. The summed E-state index contributed by atoms with van der Waals surface area (Å²) in [5.74, 6) is 0.672. The summed E-state index contributed by atoms with van der Waals surface area (Å²) >= 11 is 0. The van der Waals surface area contributed by atoms with Crippen LogP contribution in [0.25, 0.3) is 55.8 Å². The van der Waals surface area contributed by atoms with Gasteiger partial charge in [-0.25, -0.2) is 14.4 Å². The molecule has 156 valence electrons. The molecule has 2 aromatic carbocycles. The summed E-state index contributed by atoms with van der Waals surface area (Å²) in [7, 11) is 1.98. The van der Waals surface area contributed by atoms with Gasteiger partial charge in [-0.1, -0.05) is 24.3 Å². The number of hydrogen-bond acceptors (Lipinski definition) is 3. The van der Waals surface area contributed by atoms with E-state index in [0.29, 0.717) is 0 Å². The lowest BCUT2D eigenvalue weighted by molar-refractivity contribution is 0.628. The Kier molecular flexibility index (Phi) is 3.98. The number of aromatic nitrogens is 6. The summed E-state index contributed by atoms with van der Waals surface area (Å²) in [5, 5.41) is 8.62. The van der Waals surface area contributed by atoms with Crippen molar-refractivity contribution in [3.8, 4) is 33.9 Å². The first kappa shape index (κ1) is 18.5. The lowest BCUT2D eigenvalue weighted by atomic mass is 10.0. The highest BCUT2D eigenvalue weighted by atomic mass is 19.1. The van der Waals surface area contributed by atoms with Crippen LogP contribution >= 0.6 is 0 Å². The van der Waals surface area contributed by atoms with Gasteiger partial charge in [0.2, 0.25) is 0 Å². The number of benzene rings is 2. The molecule has 0 unspecified atom stereocenters. The molecule has 0 atom stereocenters. The van der Waals surface area contributed by atoms with Crippen LogP contribution < -0.4 is 0 Å². The number of pyridine rings is 1. The predicted octanol–water partition coefficient (Wildman–Crippen LogP) is 5.62. The Labute approximate surface area is 182 Å². The third-order valence-corrected chi connectivity index (χ3v) is 5.95. The average molecular weight is 422 g/mol. The number of H-pyrrole nitrogens is 2. The fourth-order valence-corrected chi connectivity index (χ4v) is 4.16. The normalized spacial score (nSPS) is 11.6. The van der Waals surface area contributed by atoms with Crippen molar-refractivity contribution in [3.05, 3.63) is 78.5 Å². The minimum atomic E-state index is -0.254. The molecule has 0 fully saturated rings. The molecule has 4 aromatic heterocycles. The summed E-state index contributed by atoms with van der Waals surface area (Å²) < 4.78 is 15.8. The topological polar surface area (TPSA) is 75.2 Å². The van der Waals surface area contributed by atoms with Crippen molar-refractivity contribution in [1.29, 1.82) is 0 Å². The third-order valence-electron chi connectivity index (χ3n) is 5.95. The Bertz CT molecular complexity index is 1620. The van der Waals surface area contributed by atoms with Gasteiger partial charge < -0.3 is 9.55 Å². The smallest absolute Gasteiger partial charge is 0.135 e. The summed E-state index contributed by atoms with van der Waals surface area (Å²) in [6.45, 7) is 1.96. The zero-order valence-electron chi connectivity index (χ0n) is 17.5. The van der Waals surface area contributed by atoms with E-state index in [-0.39, 0.29) is 5.82 Å². The molecule has 0 amide bonds. The minimum absolute atomic E-state index is 0.254. The Hall–Kier alpha value is -4.26. The SMILES string of the molecule is Cc1ncc(-c2ccc3[nH]nc(-c4cc5c(-c6cccc(F)c6)cccc5[nH]4)c3n2)n1C. The number of imidazole rings is 1. The van der Waals surface area contributed by atoms with Gasteiger partial charge in [-0.3, -0.25) is 5.10 Å². The third kappa shape index (κ3) is 2.82. The molecule has 0 saturated carbocycles. The lowest BCUT2D eigenvalue weighted by Gasteiger charge is -2.03. The van der Waals surface area contributed by atoms with Gasteiger partial charge >= 0.3 is 0 Å². The van der Waals surface area contributed by atoms with Crippen molar-refractivity contribution >= 4 is 21.9 Å². The summed E-state index contributed by atoms with van der Waals surface area (Å²) in [4.78, 5) is 12.7. The van der Waals surface area contributed by atoms with Crippen LogP contribution in [-0.4, -0.2) is 29.7 Å². The molecule has 4 heterocycles. The molecule has 0 aliphatic rings. The molecule has 0 aliphatic heterocycles. The fraction of sp³-hybridized carbons (Fsp3) is 0.0800. The maximum absolute atomic E-state index is 13.8. The minimum Gasteiger partial charge on any atom is -0.353 e. The Balaban J connectivity index is 1.52. The number of hydrogen-bond donors (Lipinski definition) is 2. The maximum atomic E-state index is 13.8. The van der Waals surface area contributed by atoms with E-state index in [1.54, 1.807) is 12.1 Å². The molecule has 0 bridgehead atoms. The standard InChI is InChI=1S/C25H19FN6/c1-14-27-13-23(32(14)2)20-9-10-21-24(29-20)25(31-30-21)22-12-18-17(7-4-8-19(18)28-22)15-5-3-6-16(26)11-15/h3-13,28H,1-2H3,(H,30,31). The Morgan fingerprint density at radius 1 is 0.969 bits per heavy atom. The predicted molar refractivity (Wildman–Crippen MR) is 124 cm³/mol. The highest BCUT2D eigenvalue weighted by Crippen LogP contribution is 2.34. The Morgan fingerprint density at radius 3 is 2.66 bits per heavy atom. The van der Waals surface area contributed by atoms with E-state index in [9.17, 15) is 4.39 Å². The van der Waals surface area contributed by atoms with Crippen molar-refractivity contribution in [3.63, 3.8) is 0 Å². The van der Waals surface area contributed by atoms with Crippen LogP contribution in [-0.2, 0) is 7.05 Å². The van der Waals surface area contributed by atoms with E-state index in [4.69, 9.17) is 4.98 Å². The molecular weight excluding hydrogens is 403 g/mol. The first-order valence-corrected chi connectivity index (χ1v) is 10.3. The highest BCUT2D eigenvalue weighted by Gasteiger charge is 2.16. The zero-order valence-corrected chi connectivity index (χ0v) is 17.5. The molecule has 2 N–H and O–H groups in total. The second-order valence-corrected chi connectivity index (χ2v) is 7.87. The number of fused-ring (bicyclic) bond motifs is 2. The van der Waals surface area contributed by atoms with Crippen LogP contribution in [0.1, 0.15) is 5.82 Å². The molecular formula is C25H19FN6. The summed E-state index contributed by atoms with van der Waals surface area (Å²) in [6, 6.07) is 18.6. The van der Waals surface area contributed by atoms with Crippen molar-refractivity contribution in [2.45, 2.75) is 6.92 Å². The van der Waals surface area contributed by atoms with Crippen molar-refractivity contribution in [2.75, 3.05) is 0 Å². The van der Waals surface area contributed by atoms with Crippen LogP contribution in [0.4, 0.5) is 4.39 Å². The van der Waals surface area contributed by atoms with Gasteiger partial charge in [0, 0.05) is 18.0 Å². The molecule has 6 aromatic rings. The molecule has 6 nitrogen and oxygen atoms in total. The number of aryl methyl sites for hydroxylation is 1. The summed E-state index contributed by atoms with van der Waals surface area (Å²) in [5.41, 5.74) is 7.75. The van der Waals surface area contributed by atoms with Crippen LogP contribution in [0.2, 0.25) is 0 Å². The molecule has 0 saturated heterocycles. The van der Waals surface area contributed by atoms with Crippen molar-refractivity contribution in [2.24, 2.45) is 7.05 Å². The van der Waals surface area contributed by atoms with E-state index >= 15 is 0 Å². The van der Waals surface area contributed by atoms with Crippen LogP contribution in [0.5, 0.6) is 0 Å². The number of aromatic amines is 2. The summed E-state index contributed by atoms with van der Waals surface area (Å²) in [6.07, 6.45) is 1.83. The van der Waals surface area contributed by atoms with Crippen molar-refractivity contribution < 1.29 is 4.39 Å². The maximum Gasteiger partial charge on any atom is 0.135 e. The monoisotopic (exact) mass is 422 g/mol. The fourth-order valence-electron chi connectivity index (χ4n) is 4.16. The van der Waals surface area contributed by atoms with Gasteiger partial charge in [0.25, 0.3) is 0 Å². The quantitative estimate of drug-likeness (QED) is 0.389. The van der Waals surface area contributed by atoms with E-state index in [1.165, 1.54) is 6.07 Å². The van der Waals surface area contributed by atoms with Gasteiger partial charge in [-0.05, 0) is 54.4 Å². The van der Waals surface area contributed by atoms with Crippen LogP contribution in [0.15, 0.2) is 66.9 Å². The Morgan fingerprint density at radius 2 is 1.84 bits per heavy atom. The largest absolute Gasteiger partial charge is 0.353 e. The zero-order chi connectivity index (χ0) is 21.8. The van der Waals surface area contributed by atoms with Gasteiger partial charge in [-0.2, -0.15) is 5.10 Å². The molecule has 7 heteroatoms. The number of nitrogens with one attached hydrogen (secondary N) is 2. The molecule has 0 aliphatic carbocycles. The second kappa shape index (κ2) is 6.88. The molecule has 0 spiro atoms. The van der Waals surface area contributed by atoms with E-state index in [2.05, 4.69) is 20.2 Å². The number of rotatable bonds is 3. The molecule has 32 heavy (non-hydrogen) atoms. The van der Waals surface area contributed by atoms with Crippen LogP contribution in [0, 0.1) is 12.7 Å². The van der Waals surface area contributed by atoms with Crippen LogP contribution in [0.3, 0.4) is 0 Å². The van der Waals surface area contributed by atoms with E-state index in [1.807, 2.05) is 67.2 Å². The molecule has 6 rings (SSSR count). The van der Waals surface area contributed by atoms with Crippen molar-refractivity contribution in [1.82, 2.24) is 29.7 Å². The molecule has 0 radical (unpaired) electrons. The van der Waals surface area contributed by atoms with Gasteiger partial charge in [-0.15, -0.1) is 0 Å². The van der Waals surface area contributed by atoms with Gasteiger partial charge in [0.15, 0.2) is 0 Å². The second-order valence-electron chi connectivity index (χ2n) is 7.87. The first-order valence-electron chi connectivity index (χ1n) is 10.3. The number of nitrogens with zero attached hydrogens (tertiary/aromatic N) is 4. The van der Waals surface area contributed by atoms with E-state index < -0.39 is 0 Å². The lowest BCUT2D eigenvalue weighted by Crippen LogP contribution is -1.96.